The number of hydrazone groups is 1. The maximum absolute atomic E-state index is 5.60. The van der Waals surface area contributed by atoms with Crippen LogP contribution in [-0.4, -0.2) is 16.3 Å². The smallest absolute Gasteiger partial charge is 0.219 e. The topological polar surface area (TPSA) is 72.5 Å². The maximum atomic E-state index is 5.60. The second-order valence-electron chi connectivity index (χ2n) is 3.58. The summed E-state index contributed by atoms with van der Waals surface area (Å²) in [4.78, 5) is 4.09. The lowest BCUT2D eigenvalue weighted by Crippen LogP contribution is -2.23. The highest BCUT2D eigenvalue weighted by atomic mass is 32.1. The van der Waals surface area contributed by atoms with Gasteiger partial charge in [-0.25, -0.2) is 4.98 Å². The third-order valence-corrected chi connectivity index (χ3v) is 2.20. The summed E-state index contributed by atoms with van der Waals surface area (Å²) in [7, 11) is 0. The first-order valence-corrected chi connectivity index (χ1v) is 5.92. The first kappa shape index (κ1) is 13.0. The van der Waals surface area contributed by atoms with E-state index in [0.717, 1.165) is 5.56 Å². The van der Waals surface area contributed by atoms with E-state index >= 15 is 0 Å². The van der Waals surface area contributed by atoms with Gasteiger partial charge in [0, 0.05) is 12.3 Å². The average molecular weight is 272 g/mol. The molecule has 0 unspecified atom stereocenters. The second-order valence-corrected chi connectivity index (χ2v) is 4.02. The summed E-state index contributed by atoms with van der Waals surface area (Å²) in [6.45, 7) is 0. The summed E-state index contributed by atoms with van der Waals surface area (Å²) in [5.74, 6) is 1.22. The molecule has 1 heterocycles. The number of nitrogens with two attached hydrogens (primary N) is 1. The number of hydrogen-bond donors (Lipinski definition) is 2. The molecule has 0 spiro atoms. The van der Waals surface area contributed by atoms with Crippen molar-refractivity contribution in [2.45, 2.75) is 0 Å². The number of nitrogens with one attached hydrogen (secondary N) is 1. The van der Waals surface area contributed by atoms with Crippen LogP contribution in [0.4, 0.5) is 0 Å². The summed E-state index contributed by atoms with van der Waals surface area (Å²) in [5, 5.41) is 4.00. The van der Waals surface area contributed by atoms with E-state index in [1.807, 2.05) is 36.4 Å². The Balaban J connectivity index is 2.07. The largest absolute Gasteiger partial charge is 0.439 e. The Bertz CT molecular complexity index is 586. The monoisotopic (exact) mass is 272 g/mol. The Morgan fingerprint density at radius 2 is 2.21 bits per heavy atom. The van der Waals surface area contributed by atoms with Gasteiger partial charge in [0.2, 0.25) is 5.88 Å². The first-order valence-electron chi connectivity index (χ1n) is 5.51. The molecule has 6 heteroatoms. The summed E-state index contributed by atoms with van der Waals surface area (Å²) < 4.78 is 5.60. The zero-order valence-corrected chi connectivity index (χ0v) is 10.8. The molecule has 0 fully saturated rings. The molecule has 96 valence electrons. The molecule has 0 aliphatic rings. The minimum absolute atomic E-state index is 0.122. The molecule has 0 aliphatic heterocycles. The van der Waals surface area contributed by atoms with Crippen LogP contribution in [0.15, 0.2) is 53.8 Å². The Labute approximate surface area is 116 Å². The van der Waals surface area contributed by atoms with E-state index in [-0.39, 0.29) is 5.11 Å². The van der Waals surface area contributed by atoms with Crippen molar-refractivity contribution in [1.29, 1.82) is 0 Å². The normalized spacial score (nSPS) is 10.3. The van der Waals surface area contributed by atoms with Gasteiger partial charge in [-0.15, -0.1) is 0 Å². The average Bonchev–Trinajstić information content (AvgIpc) is 2.40. The number of ether oxygens (including phenoxy) is 1. The number of aromatic nitrogens is 1. The number of hydrogen-bond acceptors (Lipinski definition) is 4. The fourth-order valence-electron chi connectivity index (χ4n) is 1.36. The molecule has 5 nitrogen and oxygen atoms in total. The molecule has 0 radical (unpaired) electrons. The maximum Gasteiger partial charge on any atom is 0.219 e. The summed E-state index contributed by atoms with van der Waals surface area (Å²) in [5.41, 5.74) is 8.61. The van der Waals surface area contributed by atoms with Gasteiger partial charge in [0.05, 0.1) is 6.21 Å². The fraction of sp³-hybridized carbons (Fsp3) is 0. The van der Waals surface area contributed by atoms with Gasteiger partial charge in [0.1, 0.15) is 5.75 Å². The molecule has 2 aromatic rings. The van der Waals surface area contributed by atoms with Crippen LogP contribution in [0.5, 0.6) is 11.6 Å². The summed E-state index contributed by atoms with van der Waals surface area (Å²) in [6.07, 6.45) is 3.27. The number of rotatable bonds is 4. The quantitative estimate of drug-likeness (QED) is 0.506. The molecule has 19 heavy (non-hydrogen) atoms. The molecule has 0 bridgehead atoms. The Kier molecular flexibility index (Phi) is 4.41. The molecule has 2 rings (SSSR count). The van der Waals surface area contributed by atoms with Gasteiger partial charge in [-0.1, -0.05) is 18.2 Å². The number of nitrogens with zero attached hydrogens (tertiary/aromatic N) is 2. The fourth-order valence-corrected chi connectivity index (χ4v) is 1.41. The molecular formula is C13H12N4OS. The van der Waals surface area contributed by atoms with E-state index in [0.29, 0.717) is 11.6 Å². The molecule has 0 saturated carbocycles. The number of benzene rings is 1. The Hall–Kier alpha value is -2.47. The molecule has 1 aromatic carbocycles. The second kappa shape index (κ2) is 6.46. The van der Waals surface area contributed by atoms with Crippen molar-refractivity contribution in [3.05, 3.63) is 54.2 Å². The molecule has 0 amide bonds. The molecule has 0 saturated heterocycles. The van der Waals surface area contributed by atoms with Crippen LogP contribution in [-0.2, 0) is 0 Å². The van der Waals surface area contributed by atoms with Crippen LogP contribution in [0, 0.1) is 0 Å². The van der Waals surface area contributed by atoms with E-state index in [9.17, 15) is 0 Å². The van der Waals surface area contributed by atoms with Crippen molar-refractivity contribution >= 4 is 23.5 Å². The molecule has 3 N–H and O–H groups in total. The lowest BCUT2D eigenvalue weighted by Gasteiger charge is -2.04. The summed E-state index contributed by atoms with van der Waals surface area (Å²) >= 11 is 4.64. The van der Waals surface area contributed by atoms with Crippen molar-refractivity contribution in [2.24, 2.45) is 10.8 Å². The van der Waals surface area contributed by atoms with Crippen LogP contribution in [0.3, 0.4) is 0 Å². The molecule has 0 aliphatic carbocycles. The van der Waals surface area contributed by atoms with Gasteiger partial charge in [-0.3, -0.25) is 5.43 Å². The lowest BCUT2D eigenvalue weighted by atomic mass is 10.2. The van der Waals surface area contributed by atoms with E-state index in [1.165, 1.54) is 0 Å². The highest BCUT2D eigenvalue weighted by Gasteiger charge is 1.98. The minimum atomic E-state index is 0.122. The third kappa shape index (κ3) is 4.36. The summed E-state index contributed by atoms with van der Waals surface area (Å²) in [6, 6.07) is 12.9. The molecular weight excluding hydrogens is 260 g/mol. The number of thiocarbonyl (C=S) groups is 1. The minimum Gasteiger partial charge on any atom is -0.439 e. The van der Waals surface area contributed by atoms with Crippen molar-refractivity contribution in [2.75, 3.05) is 0 Å². The highest BCUT2D eigenvalue weighted by Crippen LogP contribution is 2.19. The van der Waals surface area contributed by atoms with Crippen LogP contribution in [0.1, 0.15) is 5.56 Å². The van der Waals surface area contributed by atoms with Crippen molar-refractivity contribution in [3.63, 3.8) is 0 Å². The molecule has 1 aromatic heterocycles. The Morgan fingerprint density at radius 3 is 2.95 bits per heavy atom. The van der Waals surface area contributed by atoms with Crippen molar-refractivity contribution < 1.29 is 4.74 Å². The van der Waals surface area contributed by atoms with Gasteiger partial charge in [0.25, 0.3) is 0 Å². The van der Waals surface area contributed by atoms with Crippen molar-refractivity contribution in [3.8, 4) is 11.6 Å². The van der Waals surface area contributed by atoms with E-state index in [2.05, 4.69) is 27.7 Å². The van der Waals surface area contributed by atoms with Gasteiger partial charge in [-0.05, 0) is 36.0 Å². The van der Waals surface area contributed by atoms with Crippen LogP contribution in [0.25, 0.3) is 0 Å². The standard InChI is InChI=1S/C13H12N4OS/c14-13(19)17-16-9-10-4-3-5-11(8-10)18-12-6-1-2-7-15-12/h1-9H,(H3,14,17,19). The highest BCUT2D eigenvalue weighted by molar-refractivity contribution is 7.80. The zero-order chi connectivity index (χ0) is 13.5. The van der Waals surface area contributed by atoms with Gasteiger partial charge in [0.15, 0.2) is 5.11 Å². The van der Waals surface area contributed by atoms with Gasteiger partial charge >= 0.3 is 0 Å². The predicted molar refractivity (Wildman–Crippen MR) is 78.3 cm³/mol. The molecule has 0 atom stereocenters. The Morgan fingerprint density at radius 1 is 1.32 bits per heavy atom. The number of pyridine rings is 1. The van der Waals surface area contributed by atoms with Crippen LogP contribution >= 0.6 is 12.2 Å². The van der Waals surface area contributed by atoms with E-state index < -0.39 is 0 Å². The first-order chi connectivity index (χ1) is 9.24. The zero-order valence-electron chi connectivity index (χ0n) is 9.98. The van der Waals surface area contributed by atoms with Crippen LogP contribution < -0.4 is 15.9 Å². The van der Waals surface area contributed by atoms with E-state index in [1.54, 1.807) is 18.5 Å². The SMILES string of the molecule is NC(=S)NN=Cc1cccc(Oc2ccccn2)c1. The van der Waals surface area contributed by atoms with Crippen LogP contribution in [0.2, 0.25) is 0 Å². The van der Waals surface area contributed by atoms with Gasteiger partial charge < -0.3 is 10.5 Å². The lowest BCUT2D eigenvalue weighted by molar-refractivity contribution is 0.463. The van der Waals surface area contributed by atoms with Crippen molar-refractivity contribution in [1.82, 2.24) is 10.4 Å². The third-order valence-electron chi connectivity index (χ3n) is 2.11. The predicted octanol–water partition coefficient (Wildman–Crippen LogP) is 2.04. The van der Waals surface area contributed by atoms with Gasteiger partial charge in [-0.2, -0.15) is 5.10 Å². The van der Waals surface area contributed by atoms with E-state index in [4.69, 9.17) is 10.5 Å².